The van der Waals surface area contributed by atoms with Gasteiger partial charge in [-0.3, -0.25) is 5.10 Å². The third-order valence-corrected chi connectivity index (χ3v) is 3.12. The van der Waals surface area contributed by atoms with E-state index in [1.165, 1.54) is 19.3 Å². The van der Waals surface area contributed by atoms with Gasteiger partial charge in [0.25, 0.3) is 0 Å². The van der Waals surface area contributed by atoms with E-state index in [-0.39, 0.29) is 0 Å². The molecule has 0 unspecified atom stereocenters. The summed E-state index contributed by atoms with van der Waals surface area (Å²) < 4.78 is 0. The van der Waals surface area contributed by atoms with E-state index in [1.807, 2.05) is 0 Å². The van der Waals surface area contributed by atoms with Gasteiger partial charge in [-0.1, -0.05) is 18.5 Å². The summed E-state index contributed by atoms with van der Waals surface area (Å²) in [5, 5.41) is 11.0. The Labute approximate surface area is 88.5 Å². The predicted molar refractivity (Wildman–Crippen MR) is 57.4 cm³/mol. The van der Waals surface area contributed by atoms with Gasteiger partial charge in [-0.05, 0) is 24.8 Å². The maximum Gasteiger partial charge on any atom is 0.0689 e. The van der Waals surface area contributed by atoms with Gasteiger partial charge >= 0.3 is 0 Å². The first kappa shape index (κ1) is 10.1. The summed E-state index contributed by atoms with van der Waals surface area (Å²) in [7, 11) is 0. The molecule has 5 nitrogen and oxygen atoms in total. The van der Waals surface area contributed by atoms with Crippen molar-refractivity contribution in [1.29, 1.82) is 0 Å². The molecule has 0 aliphatic heterocycles. The number of nitrogens with one attached hydrogen (secondary N) is 1. The maximum atomic E-state index is 8.36. The van der Waals surface area contributed by atoms with Gasteiger partial charge in [0.05, 0.1) is 12.2 Å². The van der Waals surface area contributed by atoms with E-state index >= 15 is 0 Å². The third kappa shape index (κ3) is 1.83. The normalized spacial score (nSPS) is 15.8. The summed E-state index contributed by atoms with van der Waals surface area (Å²) in [6, 6.07) is 0. The number of aromatic nitrogens is 2. The molecule has 1 aliphatic rings. The molecular weight excluding hydrogens is 190 g/mol. The van der Waals surface area contributed by atoms with Crippen LogP contribution in [0.5, 0.6) is 0 Å². The van der Waals surface area contributed by atoms with Crippen LogP contribution < -0.4 is 0 Å². The van der Waals surface area contributed by atoms with Gasteiger partial charge in [0.1, 0.15) is 0 Å². The van der Waals surface area contributed by atoms with E-state index in [9.17, 15) is 0 Å². The standard InChI is InChI=1S/C10H15N5/c1-2-9-8(6-12-15-11)10(14-13-9)7-4-3-5-7/h7H,2-6H2,1H3,(H,13,14). The second-order valence-corrected chi connectivity index (χ2v) is 3.94. The van der Waals surface area contributed by atoms with Gasteiger partial charge in [0.15, 0.2) is 0 Å². The van der Waals surface area contributed by atoms with Crippen molar-refractivity contribution in [1.82, 2.24) is 10.2 Å². The van der Waals surface area contributed by atoms with E-state index in [1.54, 1.807) is 0 Å². The van der Waals surface area contributed by atoms with Crippen molar-refractivity contribution >= 4 is 0 Å². The van der Waals surface area contributed by atoms with Crippen LogP contribution >= 0.6 is 0 Å². The third-order valence-electron chi connectivity index (χ3n) is 3.12. The summed E-state index contributed by atoms with van der Waals surface area (Å²) in [4.78, 5) is 2.81. The molecule has 0 bridgehead atoms. The Balaban J connectivity index is 2.27. The maximum absolute atomic E-state index is 8.36. The van der Waals surface area contributed by atoms with Crippen LogP contribution in [-0.2, 0) is 13.0 Å². The molecule has 1 heterocycles. The van der Waals surface area contributed by atoms with Crippen LogP contribution in [0.3, 0.4) is 0 Å². The summed E-state index contributed by atoms with van der Waals surface area (Å²) in [6.07, 6.45) is 4.64. The number of hydrogen-bond acceptors (Lipinski definition) is 2. The van der Waals surface area contributed by atoms with Crippen LogP contribution in [0.1, 0.15) is 49.1 Å². The first-order valence-corrected chi connectivity index (χ1v) is 5.43. The highest BCUT2D eigenvalue weighted by molar-refractivity contribution is 5.29. The zero-order valence-corrected chi connectivity index (χ0v) is 8.90. The molecule has 1 N–H and O–H groups in total. The number of azide groups is 1. The molecule has 1 aliphatic carbocycles. The molecule has 0 aromatic carbocycles. The molecule has 2 rings (SSSR count). The molecule has 0 radical (unpaired) electrons. The van der Waals surface area contributed by atoms with E-state index in [4.69, 9.17) is 5.53 Å². The summed E-state index contributed by atoms with van der Waals surface area (Å²) in [6.45, 7) is 2.51. The smallest absolute Gasteiger partial charge is 0.0689 e. The number of rotatable bonds is 4. The Bertz CT molecular complexity index is 385. The monoisotopic (exact) mass is 205 g/mol. The summed E-state index contributed by atoms with van der Waals surface area (Å²) in [5.74, 6) is 0.588. The number of hydrogen-bond donors (Lipinski definition) is 1. The van der Waals surface area contributed by atoms with Gasteiger partial charge < -0.3 is 0 Å². The van der Waals surface area contributed by atoms with Crippen molar-refractivity contribution in [2.75, 3.05) is 0 Å². The number of aromatic amines is 1. The molecule has 5 heteroatoms. The zero-order valence-electron chi connectivity index (χ0n) is 8.90. The van der Waals surface area contributed by atoms with E-state index in [0.717, 1.165) is 23.4 Å². The average molecular weight is 205 g/mol. The van der Waals surface area contributed by atoms with Crippen molar-refractivity contribution in [2.45, 2.75) is 45.1 Å². The van der Waals surface area contributed by atoms with Crippen LogP contribution in [0.15, 0.2) is 5.11 Å². The first-order chi connectivity index (χ1) is 7.36. The fourth-order valence-electron chi connectivity index (χ4n) is 2.01. The topological polar surface area (TPSA) is 77.4 Å². The van der Waals surface area contributed by atoms with Crippen LogP contribution in [0.2, 0.25) is 0 Å². The fourth-order valence-corrected chi connectivity index (χ4v) is 2.01. The molecule has 15 heavy (non-hydrogen) atoms. The highest BCUT2D eigenvalue weighted by Crippen LogP contribution is 2.37. The Hall–Kier alpha value is -1.48. The van der Waals surface area contributed by atoms with Crippen molar-refractivity contribution in [3.05, 3.63) is 27.4 Å². The summed E-state index contributed by atoms with van der Waals surface area (Å²) >= 11 is 0. The lowest BCUT2D eigenvalue weighted by molar-refractivity contribution is 0.408. The number of aryl methyl sites for hydroxylation is 1. The lowest BCUT2D eigenvalue weighted by Gasteiger charge is -2.24. The Kier molecular flexibility index (Phi) is 2.92. The van der Waals surface area contributed by atoms with E-state index in [2.05, 4.69) is 27.1 Å². The lowest BCUT2D eigenvalue weighted by Crippen LogP contribution is -2.11. The van der Waals surface area contributed by atoms with Crippen molar-refractivity contribution in [3.8, 4) is 0 Å². The Morgan fingerprint density at radius 2 is 2.40 bits per heavy atom. The van der Waals surface area contributed by atoms with Crippen molar-refractivity contribution in [2.24, 2.45) is 5.11 Å². The highest BCUT2D eigenvalue weighted by atomic mass is 15.2. The van der Waals surface area contributed by atoms with Gasteiger partial charge in [-0.2, -0.15) is 5.10 Å². The average Bonchev–Trinajstić information content (AvgIpc) is 2.55. The van der Waals surface area contributed by atoms with Gasteiger partial charge in [0.2, 0.25) is 0 Å². The molecule has 1 aromatic rings. The number of H-pyrrole nitrogens is 1. The van der Waals surface area contributed by atoms with Crippen molar-refractivity contribution in [3.63, 3.8) is 0 Å². The highest BCUT2D eigenvalue weighted by Gasteiger charge is 2.25. The predicted octanol–water partition coefficient (Wildman–Crippen LogP) is 3.05. The number of nitrogens with zero attached hydrogens (tertiary/aromatic N) is 4. The molecule has 1 saturated carbocycles. The molecule has 0 saturated heterocycles. The zero-order chi connectivity index (χ0) is 10.7. The first-order valence-electron chi connectivity index (χ1n) is 5.43. The van der Waals surface area contributed by atoms with Gasteiger partial charge in [-0.15, -0.1) is 0 Å². The lowest BCUT2D eigenvalue weighted by atomic mass is 9.81. The molecule has 1 aromatic heterocycles. The molecule has 0 amide bonds. The summed E-state index contributed by atoms with van der Waals surface area (Å²) in [5.41, 5.74) is 11.7. The Morgan fingerprint density at radius 1 is 1.60 bits per heavy atom. The molecule has 0 atom stereocenters. The van der Waals surface area contributed by atoms with Crippen LogP contribution in [0.4, 0.5) is 0 Å². The molecule has 1 fully saturated rings. The second kappa shape index (κ2) is 4.36. The van der Waals surface area contributed by atoms with Crippen LogP contribution in [0.25, 0.3) is 10.4 Å². The Morgan fingerprint density at radius 3 is 2.93 bits per heavy atom. The minimum Gasteiger partial charge on any atom is -0.282 e. The van der Waals surface area contributed by atoms with E-state index in [0.29, 0.717) is 12.5 Å². The minimum absolute atomic E-state index is 0.433. The molecular formula is C10H15N5. The second-order valence-electron chi connectivity index (χ2n) is 3.94. The van der Waals surface area contributed by atoms with E-state index < -0.39 is 0 Å². The quantitative estimate of drug-likeness (QED) is 0.457. The molecule has 0 spiro atoms. The van der Waals surface area contributed by atoms with Gasteiger partial charge in [0, 0.05) is 22.1 Å². The van der Waals surface area contributed by atoms with Gasteiger partial charge in [-0.25, -0.2) is 0 Å². The SMILES string of the molecule is CCc1[nH]nc(C2CCC2)c1CN=[N+]=[N-]. The van der Waals surface area contributed by atoms with Crippen molar-refractivity contribution < 1.29 is 0 Å². The molecule has 80 valence electrons. The largest absolute Gasteiger partial charge is 0.282 e. The van der Waals surface area contributed by atoms with Crippen LogP contribution in [0, 0.1) is 0 Å². The minimum atomic E-state index is 0.433. The fraction of sp³-hybridized carbons (Fsp3) is 0.700. The van der Waals surface area contributed by atoms with Crippen LogP contribution in [-0.4, -0.2) is 10.2 Å².